The number of hydrogen-bond donors (Lipinski definition) is 1. The van der Waals surface area contributed by atoms with Crippen LogP contribution in [0.25, 0.3) is 0 Å². The zero-order chi connectivity index (χ0) is 23.1. The van der Waals surface area contributed by atoms with Crippen molar-refractivity contribution in [2.45, 2.75) is 0 Å². The number of amides is 1. The van der Waals surface area contributed by atoms with Gasteiger partial charge < -0.3 is 9.47 Å². The lowest BCUT2D eigenvalue weighted by Gasteiger charge is -2.12. The fourth-order valence-electron chi connectivity index (χ4n) is 2.63. The molecule has 0 aliphatic rings. The van der Waals surface area contributed by atoms with Gasteiger partial charge in [-0.1, -0.05) is 24.3 Å². The van der Waals surface area contributed by atoms with E-state index >= 15 is 0 Å². The lowest BCUT2D eigenvalue weighted by atomic mass is 10.2. The highest BCUT2D eigenvalue weighted by Gasteiger charge is 2.17. The van der Waals surface area contributed by atoms with E-state index in [0.29, 0.717) is 20.4 Å². The zero-order valence-corrected chi connectivity index (χ0v) is 18.8. The first kappa shape index (κ1) is 22.9. The van der Waals surface area contributed by atoms with Crippen molar-refractivity contribution in [3.05, 3.63) is 97.1 Å². The Labute approximate surface area is 196 Å². The number of nitro groups is 1. The summed E-state index contributed by atoms with van der Waals surface area (Å²) >= 11 is 2.00. The fraction of sp³-hybridized carbons (Fsp3) is 0.0455. The summed E-state index contributed by atoms with van der Waals surface area (Å²) in [6.45, 7) is 0. The largest absolute Gasteiger partial charge is 0.493 e. The van der Waals surface area contributed by atoms with Crippen LogP contribution in [0.3, 0.4) is 0 Å². The van der Waals surface area contributed by atoms with Crippen molar-refractivity contribution in [3.8, 4) is 11.5 Å². The quantitative estimate of drug-likeness (QED) is 0.119. The van der Waals surface area contributed by atoms with E-state index in [1.165, 1.54) is 31.5 Å². The first-order valence-corrected chi connectivity index (χ1v) is 10.2. The summed E-state index contributed by atoms with van der Waals surface area (Å²) in [5, 5.41) is 14.7. The van der Waals surface area contributed by atoms with Gasteiger partial charge in [0.2, 0.25) is 0 Å². The van der Waals surface area contributed by atoms with Crippen molar-refractivity contribution in [3.63, 3.8) is 0 Å². The van der Waals surface area contributed by atoms with Gasteiger partial charge in [0.15, 0.2) is 11.5 Å². The van der Waals surface area contributed by atoms with Crippen LogP contribution in [0.4, 0.5) is 5.69 Å². The van der Waals surface area contributed by atoms with Gasteiger partial charge in [0.05, 0.1) is 27.4 Å². The number of methoxy groups -OCH3 is 1. The number of carbonyl (C=O) groups is 2. The second-order valence-electron chi connectivity index (χ2n) is 6.30. The lowest BCUT2D eigenvalue weighted by molar-refractivity contribution is -0.384. The SMILES string of the molecule is COc1cc(/C=N\NC(=O)c2cccc([N+](=O)[O-])c2)cc(I)c1OC(=O)c1ccccc1. The van der Waals surface area contributed by atoms with Crippen LogP contribution in [-0.4, -0.2) is 30.1 Å². The maximum atomic E-state index is 12.4. The molecular weight excluding hydrogens is 529 g/mol. The molecule has 0 atom stereocenters. The molecule has 0 radical (unpaired) electrons. The number of hydrazone groups is 1. The number of halogens is 1. The summed E-state index contributed by atoms with van der Waals surface area (Å²) < 4.78 is 11.4. The molecule has 0 bridgehead atoms. The minimum absolute atomic E-state index is 0.103. The van der Waals surface area contributed by atoms with Gasteiger partial charge in [0.25, 0.3) is 11.6 Å². The number of carbonyl (C=O) groups excluding carboxylic acids is 2. The molecule has 3 aromatic carbocycles. The van der Waals surface area contributed by atoms with Crippen molar-refractivity contribution in [2.75, 3.05) is 7.11 Å². The standard InChI is InChI=1S/C22H16IN3O6/c1-31-19-11-14(10-18(23)20(19)32-22(28)15-6-3-2-4-7-15)13-24-25-21(27)16-8-5-9-17(12-16)26(29)30/h2-13H,1H3,(H,25,27)/b24-13-. The molecule has 0 fully saturated rings. The van der Waals surface area contributed by atoms with Gasteiger partial charge in [-0.05, 0) is 58.5 Å². The number of nitrogens with one attached hydrogen (secondary N) is 1. The van der Waals surface area contributed by atoms with Crippen LogP contribution in [0.2, 0.25) is 0 Å². The molecule has 10 heteroatoms. The molecule has 0 heterocycles. The molecule has 1 amide bonds. The predicted molar refractivity (Wildman–Crippen MR) is 125 cm³/mol. The van der Waals surface area contributed by atoms with Crippen LogP contribution in [-0.2, 0) is 0 Å². The minimum atomic E-state index is -0.597. The van der Waals surface area contributed by atoms with E-state index in [1.54, 1.807) is 42.5 Å². The summed E-state index contributed by atoms with van der Waals surface area (Å²) in [5.41, 5.74) is 3.21. The highest BCUT2D eigenvalue weighted by molar-refractivity contribution is 14.1. The number of hydrogen-bond acceptors (Lipinski definition) is 7. The Morgan fingerprint density at radius 2 is 1.78 bits per heavy atom. The van der Waals surface area contributed by atoms with E-state index in [0.717, 1.165) is 6.07 Å². The third kappa shape index (κ3) is 5.66. The summed E-state index contributed by atoms with van der Waals surface area (Å²) in [6, 6.07) is 17.2. The molecule has 9 nitrogen and oxygen atoms in total. The highest BCUT2D eigenvalue weighted by atomic mass is 127. The smallest absolute Gasteiger partial charge is 0.343 e. The van der Waals surface area contributed by atoms with E-state index < -0.39 is 16.8 Å². The van der Waals surface area contributed by atoms with Crippen LogP contribution >= 0.6 is 22.6 Å². The number of ether oxygens (including phenoxy) is 2. The second kappa shape index (κ2) is 10.5. The molecule has 3 rings (SSSR count). The van der Waals surface area contributed by atoms with Gasteiger partial charge in [-0.15, -0.1) is 0 Å². The third-order valence-corrected chi connectivity index (χ3v) is 4.96. The Hall–Kier alpha value is -3.80. The topological polar surface area (TPSA) is 120 Å². The summed E-state index contributed by atoms with van der Waals surface area (Å²) in [5.74, 6) is -0.542. The van der Waals surface area contributed by atoms with Crippen LogP contribution < -0.4 is 14.9 Å². The lowest BCUT2D eigenvalue weighted by Crippen LogP contribution is -2.17. The minimum Gasteiger partial charge on any atom is -0.493 e. The zero-order valence-electron chi connectivity index (χ0n) is 16.7. The number of nitro benzene ring substituents is 1. The van der Waals surface area contributed by atoms with E-state index in [-0.39, 0.29) is 17.0 Å². The number of non-ortho nitro benzene ring substituents is 1. The van der Waals surface area contributed by atoms with E-state index in [9.17, 15) is 19.7 Å². The Morgan fingerprint density at radius 1 is 1.06 bits per heavy atom. The molecule has 0 aromatic heterocycles. The first-order chi connectivity index (χ1) is 15.4. The molecule has 0 saturated heterocycles. The molecule has 0 spiro atoms. The Kier molecular flexibility index (Phi) is 7.49. The van der Waals surface area contributed by atoms with Crippen LogP contribution in [0.1, 0.15) is 26.3 Å². The normalized spacial score (nSPS) is 10.6. The maximum Gasteiger partial charge on any atom is 0.343 e. The second-order valence-corrected chi connectivity index (χ2v) is 7.46. The monoisotopic (exact) mass is 545 g/mol. The summed E-state index contributed by atoms with van der Waals surface area (Å²) in [6.07, 6.45) is 1.38. The van der Waals surface area contributed by atoms with Gasteiger partial charge in [0.1, 0.15) is 0 Å². The fourth-order valence-corrected chi connectivity index (χ4v) is 3.37. The van der Waals surface area contributed by atoms with Gasteiger partial charge >= 0.3 is 5.97 Å². The van der Waals surface area contributed by atoms with Crippen molar-refractivity contribution < 1.29 is 24.0 Å². The van der Waals surface area contributed by atoms with E-state index in [1.807, 2.05) is 22.6 Å². The number of esters is 1. The number of nitrogens with zero attached hydrogens (tertiary/aromatic N) is 2. The molecule has 0 unspecified atom stereocenters. The molecular formula is C22H16IN3O6. The van der Waals surface area contributed by atoms with Crippen LogP contribution in [0.15, 0.2) is 71.8 Å². The van der Waals surface area contributed by atoms with Crippen molar-refractivity contribution >= 4 is 46.4 Å². The third-order valence-electron chi connectivity index (χ3n) is 4.15. The summed E-state index contributed by atoms with van der Waals surface area (Å²) in [4.78, 5) is 34.8. The van der Waals surface area contributed by atoms with Crippen molar-refractivity contribution in [1.82, 2.24) is 5.43 Å². The van der Waals surface area contributed by atoms with Crippen molar-refractivity contribution in [2.24, 2.45) is 5.10 Å². The van der Waals surface area contributed by atoms with Crippen molar-refractivity contribution in [1.29, 1.82) is 0 Å². The molecule has 0 aliphatic heterocycles. The van der Waals surface area contributed by atoms with Gasteiger partial charge in [-0.25, -0.2) is 10.2 Å². The molecule has 1 N–H and O–H groups in total. The highest BCUT2D eigenvalue weighted by Crippen LogP contribution is 2.34. The number of benzene rings is 3. The predicted octanol–water partition coefficient (Wildman–Crippen LogP) is 4.19. The average molecular weight is 545 g/mol. The van der Waals surface area contributed by atoms with Gasteiger partial charge in [-0.3, -0.25) is 14.9 Å². The van der Waals surface area contributed by atoms with Gasteiger partial charge in [0, 0.05) is 17.7 Å². The van der Waals surface area contributed by atoms with E-state index in [2.05, 4.69) is 10.5 Å². The average Bonchev–Trinajstić information content (AvgIpc) is 2.81. The first-order valence-electron chi connectivity index (χ1n) is 9.11. The van der Waals surface area contributed by atoms with E-state index in [4.69, 9.17) is 9.47 Å². The van der Waals surface area contributed by atoms with Crippen LogP contribution in [0, 0.1) is 13.7 Å². The molecule has 0 saturated carbocycles. The number of rotatable bonds is 7. The maximum absolute atomic E-state index is 12.4. The van der Waals surface area contributed by atoms with Crippen LogP contribution in [0.5, 0.6) is 11.5 Å². The Bertz CT molecular complexity index is 1200. The van der Waals surface area contributed by atoms with Gasteiger partial charge in [-0.2, -0.15) is 5.10 Å². The molecule has 3 aromatic rings. The Morgan fingerprint density at radius 3 is 2.47 bits per heavy atom. The Balaban J connectivity index is 1.73. The molecule has 0 aliphatic carbocycles. The molecule has 32 heavy (non-hydrogen) atoms. The molecule has 162 valence electrons. The summed E-state index contributed by atoms with van der Waals surface area (Å²) in [7, 11) is 1.44.